The molecule has 0 aliphatic rings. The minimum atomic E-state index is 0.779. The summed E-state index contributed by atoms with van der Waals surface area (Å²) in [4.78, 5) is 0. The van der Waals surface area contributed by atoms with Crippen LogP contribution in [0.1, 0.15) is 5.56 Å². The van der Waals surface area contributed by atoms with Crippen molar-refractivity contribution in [3.63, 3.8) is 0 Å². The maximum Gasteiger partial charge on any atom is 0.0548 e. The first-order valence-electron chi connectivity index (χ1n) is 3.59. The largest absolute Gasteiger partial charge is 0.144 e. The van der Waals surface area contributed by atoms with Crippen molar-refractivity contribution < 1.29 is 0 Å². The molecule has 0 atom stereocenters. The average molecular weight is 241 g/mol. The van der Waals surface area contributed by atoms with Crippen molar-refractivity contribution in [2.24, 2.45) is 0 Å². The lowest BCUT2D eigenvalue weighted by Crippen LogP contribution is -1.82. The zero-order valence-electron chi connectivity index (χ0n) is 6.59. The molecule has 0 amide bonds. The first-order valence-corrected chi connectivity index (χ1v) is 5.54. The summed E-state index contributed by atoms with van der Waals surface area (Å²) in [7, 11) is 0. The fraction of sp³-hybridized carbons (Fsp3) is 0.200. The number of hydrogen-bond acceptors (Lipinski definition) is 1. The van der Waals surface area contributed by atoms with Gasteiger partial charge in [-0.3, -0.25) is 0 Å². The second-order valence-corrected chi connectivity index (χ2v) is 4.13. The second-order valence-electron chi connectivity index (χ2n) is 2.29. The Balaban J connectivity index is 2.53. The molecule has 0 aliphatic heterocycles. The number of thioether (sulfide) groups is 1. The molecule has 0 radical (unpaired) electrons. The maximum atomic E-state index is 5.15. The van der Waals surface area contributed by atoms with Gasteiger partial charge < -0.3 is 0 Å². The minimum absolute atomic E-state index is 0.779. The molecular formula is C10H9BrS. The highest BCUT2D eigenvalue weighted by atomic mass is 79.9. The van der Waals surface area contributed by atoms with E-state index in [4.69, 9.17) is 6.42 Å². The quantitative estimate of drug-likeness (QED) is 0.577. The molecule has 0 N–H and O–H groups in total. The Kier molecular flexibility index (Phi) is 4.27. The standard InChI is InChI=1S/C10H9BrS/c1-2-7-12-8-9-5-3-4-6-10(9)11/h1,3-6H,7-8H2. The third kappa shape index (κ3) is 2.92. The molecular weight excluding hydrogens is 232 g/mol. The maximum absolute atomic E-state index is 5.15. The Labute approximate surface area is 85.9 Å². The van der Waals surface area contributed by atoms with Gasteiger partial charge in [-0.1, -0.05) is 40.0 Å². The van der Waals surface area contributed by atoms with E-state index in [1.807, 2.05) is 18.2 Å². The van der Waals surface area contributed by atoms with Crippen LogP contribution < -0.4 is 0 Å². The molecule has 0 bridgehead atoms. The summed E-state index contributed by atoms with van der Waals surface area (Å²) in [5, 5.41) is 0. The normalized spacial score (nSPS) is 9.33. The number of benzene rings is 1. The van der Waals surface area contributed by atoms with E-state index in [-0.39, 0.29) is 0 Å². The van der Waals surface area contributed by atoms with E-state index in [1.165, 1.54) is 5.56 Å². The molecule has 0 saturated heterocycles. The van der Waals surface area contributed by atoms with Gasteiger partial charge in [0.25, 0.3) is 0 Å². The van der Waals surface area contributed by atoms with Gasteiger partial charge in [-0.25, -0.2) is 0 Å². The summed E-state index contributed by atoms with van der Waals surface area (Å²) in [6.45, 7) is 0. The molecule has 0 fully saturated rings. The molecule has 0 saturated carbocycles. The molecule has 1 rings (SSSR count). The van der Waals surface area contributed by atoms with Crippen LogP contribution in [0.25, 0.3) is 0 Å². The lowest BCUT2D eigenvalue weighted by molar-refractivity contribution is 1.38. The van der Waals surface area contributed by atoms with E-state index >= 15 is 0 Å². The first kappa shape index (κ1) is 9.70. The lowest BCUT2D eigenvalue weighted by Gasteiger charge is -2.00. The first-order chi connectivity index (χ1) is 5.84. The van der Waals surface area contributed by atoms with Crippen LogP contribution in [-0.4, -0.2) is 5.75 Å². The van der Waals surface area contributed by atoms with Gasteiger partial charge in [0.05, 0.1) is 5.75 Å². The molecule has 0 heterocycles. The molecule has 12 heavy (non-hydrogen) atoms. The summed E-state index contributed by atoms with van der Waals surface area (Å²) < 4.78 is 1.16. The predicted molar refractivity (Wildman–Crippen MR) is 59.1 cm³/mol. The van der Waals surface area contributed by atoms with Crippen LogP contribution in [0, 0.1) is 12.3 Å². The zero-order valence-corrected chi connectivity index (χ0v) is 8.99. The van der Waals surface area contributed by atoms with Gasteiger partial charge in [-0.15, -0.1) is 18.2 Å². The van der Waals surface area contributed by atoms with Gasteiger partial charge in [-0.2, -0.15) is 0 Å². The van der Waals surface area contributed by atoms with Crippen molar-refractivity contribution in [2.75, 3.05) is 5.75 Å². The van der Waals surface area contributed by atoms with Crippen molar-refractivity contribution in [1.29, 1.82) is 0 Å². The lowest BCUT2D eigenvalue weighted by atomic mass is 10.2. The second kappa shape index (κ2) is 5.29. The Morgan fingerprint density at radius 3 is 2.83 bits per heavy atom. The molecule has 0 nitrogen and oxygen atoms in total. The van der Waals surface area contributed by atoms with Crippen molar-refractivity contribution in [3.05, 3.63) is 34.3 Å². The summed E-state index contributed by atoms with van der Waals surface area (Å²) >= 11 is 5.24. The molecule has 0 unspecified atom stereocenters. The van der Waals surface area contributed by atoms with E-state index < -0.39 is 0 Å². The molecule has 0 aromatic heterocycles. The van der Waals surface area contributed by atoms with Crippen molar-refractivity contribution >= 4 is 27.7 Å². The third-order valence-electron chi connectivity index (χ3n) is 1.40. The van der Waals surface area contributed by atoms with Crippen LogP contribution >= 0.6 is 27.7 Å². The third-order valence-corrected chi connectivity index (χ3v) is 3.06. The summed E-state index contributed by atoms with van der Waals surface area (Å²) in [6.07, 6.45) is 5.15. The molecule has 0 spiro atoms. The summed E-state index contributed by atoms with van der Waals surface area (Å²) in [5.41, 5.74) is 1.30. The van der Waals surface area contributed by atoms with Crippen LogP contribution in [0.4, 0.5) is 0 Å². The van der Waals surface area contributed by atoms with Crippen LogP contribution in [-0.2, 0) is 5.75 Å². The van der Waals surface area contributed by atoms with E-state index in [9.17, 15) is 0 Å². The highest BCUT2D eigenvalue weighted by Gasteiger charge is 1.96. The van der Waals surface area contributed by atoms with Crippen LogP contribution in [0.15, 0.2) is 28.7 Å². The van der Waals surface area contributed by atoms with E-state index in [2.05, 4.69) is 27.9 Å². The van der Waals surface area contributed by atoms with E-state index in [1.54, 1.807) is 11.8 Å². The minimum Gasteiger partial charge on any atom is -0.144 e. The van der Waals surface area contributed by atoms with Crippen LogP contribution in [0.3, 0.4) is 0 Å². The smallest absolute Gasteiger partial charge is 0.0548 e. The van der Waals surface area contributed by atoms with Gasteiger partial charge in [0, 0.05) is 10.2 Å². The number of rotatable bonds is 3. The molecule has 1 aromatic rings. The fourth-order valence-corrected chi connectivity index (χ4v) is 2.14. The molecule has 0 aliphatic carbocycles. The highest BCUT2D eigenvalue weighted by Crippen LogP contribution is 2.20. The molecule has 2 heteroatoms. The van der Waals surface area contributed by atoms with Gasteiger partial charge in [0.1, 0.15) is 0 Å². The van der Waals surface area contributed by atoms with E-state index in [0.717, 1.165) is 16.0 Å². The van der Waals surface area contributed by atoms with Gasteiger partial charge >= 0.3 is 0 Å². The average Bonchev–Trinajstić information content (AvgIpc) is 2.09. The van der Waals surface area contributed by atoms with Crippen molar-refractivity contribution in [2.45, 2.75) is 5.75 Å². The van der Waals surface area contributed by atoms with E-state index in [0.29, 0.717) is 0 Å². The Morgan fingerprint density at radius 1 is 1.42 bits per heavy atom. The Morgan fingerprint density at radius 2 is 2.17 bits per heavy atom. The van der Waals surface area contributed by atoms with Gasteiger partial charge in [0.2, 0.25) is 0 Å². The molecule has 1 aromatic carbocycles. The van der Waals surface area contributed by atoms with Gasteiger partial charge in [-0.05, 0) is 11.6 Å². The number of halogens is 1. The van der Waals surface area contributed by atoms with Crippen molar-refractivity contribution in [3.8, 4) is 12.3 Å². The Hall–Kier alpha value is -0.390. The number of hydrogen-bond donors (Lipinski definition) is 0. The molecule has 62 valence electrons. The SMILES string of the molecule is C#CCSCc1ccccc1Br. The monoisotopic (exact) mass is 240 g/mol. The fourth-order valence-electron chi connectivity index (χ4n) is 0.835. The van der Waals surface area contributed by atoms with Crippen LogP contribution in [0.5, 0.6) is 0 Å². The predicted octanol–water partition coefficient (Wildman–Crippen LogP) is 3.32. The van der Waals surface area contributed by atoms with Gasteiger partial charge in [0.15, 0.2) is 0 Å². The summed E-state index contributed by atoms with van der Waals surface area (Å²) in [6, 6.07) is 8.20. The highest BCUT2D eigenvalue weighted by molar-refractivity contribution is 9.10. The Bertz CT molecular complexity index is 288. The van der Waals surface area contributed by atoms with Crippen molar-refractivity contribution in [1.82, 2.24) is 0 Å². The zero-order chi connectivity index (χ0) is 8.81. The van der Waals surface area contributed by atoms with Crippen LogP contribution in [0.2, 0.25) is 0 Å². The number of terminal acetylenes is 1. The topological polar surface area (TPSA) is 0 Å². The summed E-state index contributed by atoms with van der Waals surface area (Å²) in [5.74, 6) is 4.36.